The highest BCUT2D eigenvalue weighted by atomic mass is 16.3. The minimum absolute atomic E-state index is 0.253. The molecule has 0 aliphatic carbocycles. The highest BCUT2D eigenvalue weighted by molar-refractivity contribution is 5.94. The van der Waals surface area contributed by atoms with Crippen molar-refractivity contribution in [2.75, 3.05) is 0 Å². The Bertz CT molecular complexity index is 1270. The monoisotopic (exact) mass is 397 g/mol. The number of carbonyl (C=O) groups is 1. The van der Waals surface area contributed by atoms with Crippen LogP contribution in [-0.2, 0) is 0 Å². The molecule has 2 aromatic carbocycles. The van der Waals surface area contributed by atoms with Crippen LogP contribution in [0.15, 0.2) is 94.0 Å². The second kappa shape index (κ2) is 7.40. The van der Waals surface area contributed by atoms with Crippen LogP contribution < -0.4 is 5.32 Å². The summed E-state index contributed by atoms with van der Waals surface area (Å²) in [6.45, 7) is 1.90. The smallest absolute Gasteiger partial charge is 0.270 e. The van der Waals surface area contributed by atoms with Crippen molar-refractivity contribution < 1.29 is 13.6 Å². The van der Waals surface area contributed by atoms with Crippen LogP contribution in [0, 0.1) is 0 Å². The van der Waals surface area contributed by atoms with Crippen LogP contribution >= 0.6 is 0 Å². The Morgan fingerprint density at radius 3 is 2.57 bits per heavy atom. The molecule has 6 nitrogen and oxygen atoms in total. The lowest BCUT2D eigenvalue weighted by atomic mass is 10.2. The van der Waals surface area contributed by atoms with Crippen LogP contribution in [0.5, 0.6) is 0 Å². The maximum Gasteiger partial charge on any atom is 0.270 e. The van der Waals surface area contributed by atoms with E-state index in [2.05, 4.69) is 10.4 Å². The number of benzene rings is 2. The van der Waals surface area contributed by atoms with E-state index in [1.807, 2.05) is 73.7 Å². The Balaban J connectivity index is 1.48. The van der Waals surface area contributed by atoms with Gasteiger partial charge in [-0.15, -0.1) is 0 Å². The molecule has 148 valence electrons. The Labute approximate surface area is 172 Å². The summed E-state index contributed by atoms with van der Waals surface area (Å²) in [6.07, 6.45) is 1.58. The predicted molar refractivity (Wildman–Crippen MR) is 113 cm³/mol. The summed E-state index contributed by atoms with van der Waals surface area (Å²) in [5.41, 5.74) is 2.58. The number of fused-ring (bicyclic) bond motifs is 1. The number of nitrogens with one attached hydrogen (secondary N) is 1. The average Bonchev–Trinajstić information content (AvgIpc) is 3.53. The standard InChI is InChI=1S/C24H19N3O3/c1-16(23-14-17-8-5-6-11-21(17)30-23)25-24(28)20-15-19(22-12-7-13-29-22)26-27(20)18-9-3-2-4-10-18/h2-16H,1H3,(H,25,28). The first-order chi connectivity index (χ1) is 14.7. The Hall–Kier alpha value is -4.06. The van der Waals surface area contributed by atoms with Crippen LogP contribution in [0.3, 0.4) is 0 Å². The van der Waals surface area contributed by atoms with Gasteiger partial charge in [-0.1, -0.05) is 36.4 Å². The van der Waals surface area contributed by atoms with Gasteiger partial charge in [0.25, 0.3) is 5.91 Å². The third-order valence-electron chi connectivity index (χ3n) is 4.94. The lowest BCUT2D eigenvalue weighted by Gasteiger charge is -2.12. The third-order valence-corrected chi connectivity index (χ3v) is 4.94. The minimum Gasteiger partial charge on any atom is -0.463 e. The second-order valence-electron chi connectivity index (χ2n) is 7.02. The quantitative estimate of drug-likeness (QED) is 0.433. The number of hydrogen-bond donors (Lipinski definition) is 1. The maximum atomic E-state index is 13.2. The van der Waals surface area contributed by atoms with E-state index in [0.717, 1.165) is 16.7 Å². The fraction of sp³-hybridized carbons (Fsp3) is 0.0833. The van der Waals surface area contributed by atoms with E-state index in [9.17, 15) is 4.79 Å². The van der Waals surface area contributed by atoms with Crippen LogP contribution in [-0.4, -0.2) is 15.7 Å². The van der Waals surface area contributed by atoms with Crippen molar-refractivity contribution in [3.05, 3.63) is 96.6 Å². The first-order valence-corrected chi connectivity index (χ1v) is 9.68. The molecular weight excluding hydrogens is 378 g/mol. The predicted octanol–water partition coefficient (Wildman–Crippen LogP) is 5.37. The molecule has 3 aromatic heterocycles. The zero-order valence-electron chi connectivity index (χ0n) is 16.3. The first kappa shape index (κ1) is 18.0. The van der Waals surface area contributed by atoms with Crippen molar-refractivity contribution in [2.45, 2.75) is 13.0 Å². The van der Waals surface area contributed by atoms with Crippen LogP contribution in [0.2, 0.25) is 0 Å². The molecule has 5 aromatic rings. The molecule has 0 aliphatic rings. The van der Waals surface area contributed by atoms with Crippen LogP contribution in [0.4, 0.5) is 0 Å². The molecule has 0 fully saturated rings. The van der Waals surface area contributed by atoms with E-state index in [4.69, 9.17) is 8.83 Å². The molecule has 0 aliphatic heterocycles. The number of nitrogens with zero attached hydrogens (tertiary/aromatic N) is 2. The van der Waals surface area contributed by atoms with Crippen molar-refractivity contribution in [1.82, 2.24) is 15.1 Å². The Kier molecular flexibility index (Phi) is 4.44. The van der Waals surface area contributed by atoms with E-state index >= 15 is 0 Å². The molecule has 0 radical (unpaired) electrons. The molecule has 1 N–H and O–H groups in total. The number of amides is 1. The molecule has 6 heteroatoms. The van der Waals surface area contributed by atoms with E-state index in [-0.39, 0.29) is 11.9 Å². The van der Waals surface area contributed by atoms with E-state index in [1.165, 1.54) is 0 Å². The first-order valence-electron chi connectivity index (χ1n) is 9.68. The van der Waals surface area contributed by atoms with Crippen LogP contribution in [0.1, 0.15) is 29.2 Å². The minimum atomic E-state index is -0.309. The van der Waals surface area contributed by atoms with Crippen molar-refractivity contribution in [3.8, 4) is 17.1 Å². The van der Waals surface area contributed by atoms with E-state index in [1.54, 1.807) is 23.1 Å². The SMILES string of the molecule is CC(NC(=O)c1cc(-c2ccco2)nn1-c1ccccc1)c1cc2ccccc2o1. The average molecular weight is 397 g/mol. The van der Waals surface area contributed by atoms with Gasteiger partial charge in [0.1, 0.15) is 22.7 Å². The summed E-state index contributed by atoms with van der Waals surface area (Å²) in [4.78, 5) is 13.2. The second-order valence-corrected chi connectivity index (χ2v) is 7.02. The van der Waals surface area contributed by atoms with Crippen molar-refractivity contribution in [2.24, 2.45) is 0 Å². The number of carbonyl (C=O) groups excluding carboxylic acids is 1. The molecule has 30 heavy (non-hydrogen) atoms. The molecule has 1 atom stereocenters. The zero-order valence-corrected chi connectivity index (χ0v) is 16.3. The summed E-state index contributed by atoms with van der Waals surface area (Å²) >= 11 is 0. The molecule has 3 heterocycles. The van der Waals surface area contributed by atoms with E-state index < -0.39 is 0 Å². The topological polar surface area (TPSA) is 73.2 Å². The molecule has 1 unspecified atom stereocenters. The number of furan rings is 2. The Morgan fingerprint density at radius 1 is 1.00 bits per heavy atom. The number of para-hydroxylation sites is 2. The molecule has 0 spiro atoms. The van der Waals surface area contributed by atoms with Gasteiger partial charge in [-0.3, -0.25) is 4.79 Å². The molecule has 0 bridgehead atoms. The summed E-state index contributed by atoms with van der Waals surface area (Å²) in [7, 11) is 0. The van der Waals surface area contributed by atoms with E-state index in [0.29, 0.717) is 22.9 Å². The van der Waals surface area contributed by atoms with Crippen molar-refractivity contribution in [1.29, 1.82) is 0 Å². The van der Waals surface area contributed by atoms with Crippen molar-refractivity contribution in [3.63, 3.8) is 0 Å². The summed E-state index contributed by atoms with van der Waals surface area (Å²) in [5.74, 6) is 1.04. The van der Waals surface area contributed by atoms with Crippen LogP contribution in [0.25, 0.3) is 28.1 Å². The fourth-order valence-electron chi connectivity index (χ4n) is 3.41. The lowest BCUT2D eigenvalue weighted by molar-refractivity contribution is 0.0928. The summed E-state index contributed by atoms with van der Waals surface area (Å²) in [5, 5.41) is 8.62. The van der Waals surface area contributed by atoms with Gasteiger partial charge < -0.3 is 14.2 Å². The normalized spacial score (nSPS) is 12.2. The highest BCUT2D eigenvalue weighted by Crippen LogP contribution is 2.25. The van der Waals surface area contributed by atoms with Gasteiger partial charge in [-0.05, 0) is 43.3 Å². The lowest BCUT2D eigenvalue weighted by Crippen LogP contribution is -2.28. The van der Waals surface area contributed by atoms with Gasteiger partial charge in [0.15, 0.2) is 5.76 Å². The van der Waals surface area contributed by atoms with Gasteiger partial charge in [0.2, 0.25) is 0 Å². The van der Waals surface area contributed by atoms with Crippen molar-refractivity contribution >= 4 is 16.9 Å². The molecule has 0 saturated carbocycles. The zero-order chi connectivity index (χ0) is 20.5. The van der Waals surface area contributed by atoms with Gasteiger partial charge >= 0.3 is 0 Å². The highest BCUT2D eigenvalue weighted by Gasteiger charge is 2.21. The number of rotatable bonds is 5. The molecular formula is C24H19N3O3. The third kappa shape index (κ3) is 3.28. The number of aromatic nitrogens is 2. The summed E-state index contributed by atoms with van der Waals surface area (Å²) in [6, 6.07) is 24.3. The molecule has 5 rings (SSSR count). The maximum absolute atomic E-state index is 13.2. The van der Waals surface area contributed by atoms with Gasteiger partial charge in [0.05, 0.1) is 18.0 Å². The molecule has 1 amide bonds. The van der Waals surface area contributed by atoms with Gasteiger partial charge in [0, 0.05) is 11.5 Å². The Morgan fingerprint density at radius 2 is 1.80 bits per heavy atom. The summed E-state index contributed by atoms with van der Waals surface area (Å²) < 4.78 is 13.0. The van der Waals surface area contributed by atoms with Gasteiger partial charge in [-0.2, -0.15) is 5.10 Å². The van der Waals surface area contributed by atoms with Gasteiger partial charge in [-0.25, -0.2) is 4.68 Å². The fourth-order valence-corrected chi connectivity index (χ4v) is 3.41. The molecule has 0 saturated heterocycles. The largest absolute Gasteiger partial charge is 0.463 e. The number of hydrogen-bond acceptors (Lipinski definition) is 4.